The van der Waals surface area contributed by atoms with Crippen LogP contribution in [0, 0.1) is 11.6 Å². The maximum atomic E-state index is 13.4. The Bertz CT molecular complexity index is 773. The number of amides is 1. The third-order valence-corrected chi connectivity index (χ3v) is 3.07. The third-order valence-electron chi connectivity index (χ3n) is 2.83. The minimum absolute atomic E-state index is 0.511. The molecule has 4 nitrogen and oxygen atoms in total. The number of halogens is 3. The number of carbonyl (C=O) groups excluding carboxylic acids is 2. The molecule has 0 unspecified atom stereocenters. The number of nitrogens with one attached hydrogen (secondary N) is 1. The van der Waals surface area contributed by atoms with E-state index >= 15 is 0 Å². The highest BCUT2D eigenvalue weighted by Gasteiger charge is 2.12. The van der Waals surface area contributed by atoms with Crippen LogP contribution in [0.4, 0.5) is 14.5 Å². The van der Waals surface area contributed by atoms with Gasteiger partial charge in [-0.05, 0) is 35.9 Å². The molecule has 124 valence electrons. The maximum absolute atomic E-state index is 13.4. The standard InChI is InChI=1S/C17H12ClF2NO3/c18-12-4-1-3-11(9-12)7-8-16(23)24-10-15(22)21-17-13(19)5-2-6-14(17)20/h1-9H,10H2,(H,21,22)/b8-7+. The fourth-order valence-electron chi connectivity index (χ4n) is 1.75. The summed E-state index contributed by atoms with van der Waals surface area (Å²) in [4.78, 5) is 23.1. The van der Waals surface area contributed by atoms with Gasteiger partial charge in [0.2, 0.25) is 0 Å². The quantitative estimate of drug-likeness (QED) is 0.658. The van der Waals surface area contributed by atoms with Gasteiger partial charge < -0.3 is 10.1 Å². The van der Waals surface area contributed by atoms with Crippen molar-refractivity contribution in [2.45, 2.75) is 0 Å². The summed E-state index contributed by atoms with van der Waals surface area (Å²) in [6.07, 6.45) is 2.57. The second-order valence-corrected chi connectivity index (χ2v) is 5.08. The number of anilines is 1. The molecule has 0 aliphatic heterocycles. The molecule has 0 aromatic heterocycles. The Balaban J connectivity index is 1.86. The zero-order valence-electron chi connectivity index (χ0n) is 12.3. The van der Waals surface area contributed by atoms with Crippen molar-refractivity contribution >= 4 is 35.2 Å². The van der Waals surface area contributed by atoms with E-state index in [0.717, 1.165) is 18.2 Å². The lowest BCUT2D eigenvalue weighted by atomic mass is 10.2. The first-order valence-electron chi connectivity index (χ1n) is 6.80. The molecule has 0 fully saturated rings. The van der Waals surface area contributed by atoms with Gasteiger partial charge in [-0.2, -0.15) is 0 Å². The molecule has 0 atom stereocenters. The summed E-state index contributed by atoms with van der Waals surface area (Å²) in [6, 6.07) is 9.92. The summed E-state index contributed by atoms with van der Waals surface area (Å²) in [5.41, 5.74) is 0.0883. The largest absolute Gasteiger partial charge is 0.452 e. The lowest BCUT2D eigenvalue weighted by Crippen LogP contribution is -2.21. The number of hydrogen-bond acceptors (Lipinski definition) is 3. The zero-order chi connectivity index (χ0) is 17.5. The van der Waals surface area contributed by atoms with Crippen LogP contribution < -0.4 is 5.32 Å². The van der Waals surface area contributed by atoms with E-state index in [-0.39, 0.29) is 0 Å². The van der Waals surface area contributed by atoms with Gasteiger partial charge in [0, 0.05) is 11.1 Å². The van der Waals surface area contributed by atoms with Crippen molar-refractivity contribution in [3.05, 3.63) is 70.8 Å². The fourth-order valence-corrected chi connectivity index (χ4v) is 1.95. The predicted octanol–water partition coefficient (Wildman–Crippen LogP) is 3.81. The van der Waals surface area contributed by atoms with E-state index in [2.05, 4.69) is 0 Å². The van der Waals surface area contributed by atoms with Crippen molar-refractivity contribution in [3.8, 4) is 0 Å². The number of hydrogen-bond donors (Lipinski definition) is 1. The van der Waals surface area contributed by atoms with E-state index in [1.807, 2.05) is 5.32 Å². The van der Waals surface area contributed by atoms with Gasteiger partial charge in [0.15, 0.2) is 6.61 Å². The van der Waals surface area contributed by atoms with Crippen LogP contribution in [0.25, 0.3) is 6.08 Å². The molecule has 0 bridgehead atoms. The number of carbonyl (C=O) groups is 2. The van der Waals surface area contributed by atoms with E-state index in [1.165, 1.54) is 12.1 Å². The molecule has 1 N–H and O–H groups in total. The Morgan fingerprint density at radius 2 is 1.79 bits per heavy atom. The highest BCUT2D eigenvalue weighted by atomic mass is 35.5. The average Bonchev–Trinajstić information content (AvgIpc) is 2.54. The Morgan fingerprint density at radius 1 is 1.12 bits per heavy atom. The number of ether oxygens (including phenoxy) is 1. The number of esters is 1. The SMILES string of the molecule is O=C(COC(=O)/C=C/c1cccc(Cl)c1)Nc1c(F)cccc1F. The fraction of sp³-hybridized carbons (Fsp3) is 0.0588. The minimum atomic E-state index is -0.921. The van der Waals surface area contributed by atoms with Crippen molar-refractivity contribution in [1.29, 1.82) is 0 Å². The van der Waals surface area contributed by atoms with Crippen LogP contribution in [-0.4, -0.2) is 18.5 Å². The van der Waals surface area contributed by atoms with E-state index in [9.17, 15) is 18.4 Å². The Hall–Kier alpha value is -2.73. The highest BCUT2D eigenvalue weighted by Crippen LogP contribution is 2.17. The molecule has 0 spiro atoms. The van der Waals surface area contributed by atoms with Gasteiger partial charge >= 0.3 is 5.97 Å². The van der Waals surface area contributed by atoms with Crippen LogP contribution in [0.2, 0.25) is 5.02 Å². The summed E-state index contributed by atoms with van der Waals surface area (Å²) in [5, 5.41) is 2.52. The maximum Gasteiger partial charge on any atom is 0.331 e. The van der Waals surface area contributed by atoms with Gasteiger partial charge in [-0.1, -0.05) is 29.8 Å². The van der Waals surface area contributed by atoms with E-state index in [4.69, 9.17) is 16.3 Å². The first-order valence-corrected chi connectivity index (χ1v) is 7.18. The monoisotopic (exact) mass is 351 g/mol. The second kappa shape index (κ2) is 8.21. The van der Waals surface area contributed by atoms with Crippen molar-refractivity contribution in [3.63, 3.8) is 0 Å². The van der Waals surface area contributed by atoms with Gasteiger partial charge in [-0.25, -0.2) is 13.6 Å². The van der Waals surface area contributed by atoms with Crippen LogP contribution >= 0.6 is 11.6 Å². The molecule has 0 saturated heterocycles. The molecule has 0 aliphatic carbocycles. The molecule has 0 heterocycles. The molecular weight excluding hydrogens is 340 g/mol. The van der Waals surface area contributed by atoms with Crippen molar-refractivity contribution in [1.82, 2.24) is 0 Å². The van der Waals surface area contributed by atoms with Crippen LogP contribution in [-0.2, 0) is 14.3 Å². The third kappa shape index (κ3) is 5.17. The number of para-hydroxylation sites is 1. The Kier molecular flexibility index (Phi) is 6.03. The first kappa shape index (κ1) is 17.6. The first-order chi connectivity index (χ1) is 11.5. The molecule has 2 rings (SSSR count). The molecule has 1 amide bonds. The summed E-state index contributed by atoms with van der Waals surface area (Å²) in [6.45, 7) is -0.674. The predicted molar refractivity (Wildman–Crippen MR) is 86.4 cm³/mol. The molecule has 7 heteroatoms. The normalized spacial score (nSPS) is 10.6. The van der Waals surface area contributed by atoms with E-state index < -0.39 is 35.8 Å². The molecule has 0 radical (unpaired) electrons. The zero-order valence-corrected chi connectivity index (χ0v) is 13.0. The van der Waals surface area contributed by atoms with Gasteiger partial charge in [-0.15, -0.1) is 0 Å². The summed E-state index contributed by atoms with van der Waals surface area (Å²) in [7, 11) is 0. The van der Waals surface area contributed by atoms with Crippen LogP contribution in [0.3, 0.4) is 0 Å². The summed E-state index contributed by atoms with van der Waals surface area (Å²) < 4.78 is 31.4. The van der Waals surface area contributed by atoms with Gasteiger partial charge in [0.1, 0.15) is 17.3 Å². The molecule has 0 saturated carbocycles. The molecule has 2 aromatic carbocycles. The molecule has 2 aromatic rings. The van der Waals surface area contributed by atoms with Crippen LogP contribution in [0.5, 0.6) is 0 Å². The lowest BCUT2D eigenvalue weighted by Gasteiger charge is -2.07. The van der Waals surface area contributed by atoms with Crippen molar-refractivity contribution < 1.29 is 23.1 Å². The molecular formula is C17H12ClF2NO3. The Labute approximate surface area is 141 Å². The second-order valence-electron chi connectivity index (χ2n) is 4.64. The lowest BCUT2D eigenvalue weighted by molar-refractivity contribution is -0.142. The summed E-state index contributed by atoms with van der Waals surface area (Å²) in [5.74, 6) is -3.48. The van der Waals surface area contributed by atoms with Crippen molar-refractivity contribution in [2.24, 2.45) is 0 Å². The van der Waals surface area contributed by atoms with Crippen molar-refractivity contribution in [2.75, 3.05) is 11.9 Å². The molecule has 24 heavy (non-hydrogen) atoms. The van der Waals surface area contributed by atoms with Gasteiger partial charge in [0.25, 0.3) is 5.91 Å². The number of rotatable bonds is 5. The van der Waals surface area contributed by atoms with Gasteiger partial charge in [0.05, 0.1) is 0 Å². The van der Waals surface area contributed by atoms with Gasteiger partial charge in [-0.3, -0.25) is 4.79 Å². The number of benzene rings is 2. The van der Waals surface area contributed by atoms with Crippen LogP contribution in [0.15, 0.2) is 48.5 Å². The minimum Gasteiger partial charge on any atom is -0.452 e. The Morgan fingerprint density at radius 3 is 2.46 bits per heavy atom. The molecule has 0 aliphatic rings. The summed E-state index contributed by atoms with van der Waals surface area (Å²) >= 11 is 5.80. The average molecular weight is 352 g/mol. The topological polar surface area (TPSA) is 55.4 Å². The van der Waals surface area contributed by atoms with Crippen LogP contribution in [0.1, 0.15) is 5.56 Å². The smallest absolute Gasteiger partial charge is 0.331 e. The van der Waals surface area contributed by atoms with E-state index in [1.54, 1.807) is 24.3 Å². The van der Waals surface area contributed by atoms with E-state index in [0.29, 0.717) is 10.6 Å². The highest BCUT2D eigenvalue weighted by molar-refractivity contribution is 6.30.